The zero-order valence-corrected chi connectivity index (χ0v) is 59.5. The van der Waals surface area contributed by atoms with E-state index in [1.807, 2.05) is 67.1 Å². The second kappa shape index (κ2) is 32.6. The first kappa shape index (κ1) is 76.1. The number of hydrogen-bond donors (Lipinski definition) is 10. The summed E-state index contributed by atoms with van der Waals surface area (Å²) in [7, 11) is 1.50. The Morgan fingerprint density at radius 2 is 1.57 bits per heavy atom. The lowest BCUT2D eigenvalue weighted by atomic mass is 9.81. The first-order valence-electron chi connectivity index (χ1n) is 35.5. The minimum absolute atomic E-state index is 0.00584. The molecule has 1 fully saturated rings. The van der Waals surface area contributed by atoms with Crippen molar-refractivity contribution < 1.29 is 96.7 Å². The number of fused-ring (bicyclic) bond motifs is 10. The van der Waals surface area contributed by atoms with Crippen LogP contribution in [0.5, 0.6) is 5.75 Å². The number of alkyl carbamates (subject to hydrolysis) is 1. The number of amides is 6. The molecule has 3 aromatic heterocycles. The predicted molar refractivity (Wildman–Crippen MR) is 378 cm³/mol. The topological polar surface area (TPSA) is 422 Å². The summed E-state index contributed by atoms with van der Waals surface area (Å²) >= 11 is 0. The van der Waals surface area contributed by atoms with Crippen LogP contribution in [0.15, 0.2) is 83.7 Å². The van der Waals surface area contributed by atoms with Gasteiger partial charge in [0.05, 0.1) is 72.8 Å². The Morgan fingerprint density at radius 1 is 0.813 bits per heavy atom. The van der Waals surface area contributed by atoms with E-state index in [-0.39, 0.29) is 149 Å². The number of nitrogens with one attached hydrogen (secondary N) is 5. The van der Waals surface area contributed by atoms with Crippen LogP contribution in [0, 0.1) is 12.7 Å². The number of carboxylic acid groups (broad SMARTS) is 1. The highest BCUT2D eigenvalue weighted by Crippen LogP contribution is 2.47. The Balaban J connectivity index is 0.700. The van der Waals surface area contributed by atoms with Gasteiger partial charge in [0.25, 0.3) is 5.56 Å². The number of aliphatic hydroxyl groups is 4. The van der Waals surface area contributed by atoms with Gasteiger partial charge in [0.15, 0.2) is 11.7 Å². The van der Waals surface area contributed by atoms with E-state index in [2.05, 4.69) is 36.9 Å². The molecule has 1 saturated heterocycles. The lowest BCUT2D eigenvalue weighted by molar-refractivity contribution is -0.271. The van der Waals surface area contributed by atoms with Gasteiger partial charge in [-0.2, -0.15) is 0 Å². The Morgan fingerprint density at radius 3 is 2.34 bits per heavy atom. The van der Waals surface area contributed by atoms with Crippen LogP contribution < -0.4 is 41.8 Å². The molecule has 1 aliphatic carbocycles. The van der Waals surface area contributed by atoms with Crippen molar-refractivity contribution in [3.63, 3.8) is 0 Å². The van der Waals surface area contributed by atoms with E-state index in [4.69, 9.17) is 33.4 Å². The van der Waals surface area contributed by atoms with Gasteiger partial charge in [-0.15, -0.1) is 5.10 Å². The van der Waals surface area contributed by atoms with Gasteiger partial charge in [-0.25, -0.2) is 28.4 Å². The molecular formula is C75H84FN11O20. The van der Waals surface area contributed by atoms with E-state index >= 15 is 4.39 Å². The number of unbranched alkanes of at least 4 members (excludes halogenated alkanes) is 1. The number of carbonyl (C=O) groups excluding carboxylic acids is 7. The first-order chi connectivity index (χ1) is 51.4. The number of rotatable bonds is 28. The number of carbonyl (C=O) groups is 8. The van der Waals surface area contributed by atoms with Gasteiger partial charge in [-0.05, 0) is 105 Å². The molecule has 0 bridgehead atoms. The van der Waals surface area contributed by atoms with E-state index in [1.54, 1.807) is 18.7 Å². The number of aromatic nitrogens is 5. The molecule has 12 rings (SSSR count). The van der Waals surface area contributed by atoms with Crippen molar-refractivity contribution in [2.24, 2.45) is 0 Å². The van der Waals surface area contributed by atoms with Gasteiger partial charge in [0.2, 0.25) is 35.8 Å². The summed E-state index contributed by atoms with van der Waals surface area (Å²) in [5, 5.41) is 76.6. The second-order valence-corrected chi connectivity index (χ2v) is 27.2. The van der Waals surface area contributed by atoms with Crippen molar-refractivity contribution in [3.05, 3.63) is 145 Å². The summed E-state index contributed by atoms with van der Waals surface area (Å²) in [6.07, 6.45) is -10.3. The molecule has 4 aliphatic heterocycles. The van der Waals surface area contributed by atoms with Crippen LogP contribution in [0.4, 0.5) is 14.9 Å². The number of esters is 1. The number of hydrogen-bond acceptors (Lipinski definition) is 22. The molecule has 1 unspecified atom stereocenters. The summed E-state index contributed by atoms with van der Waals surface area (Å²) in [5.41, 5.74) is 5.61. The fourth-order valence-electron chi connectivity index (χ4n) is 14.2. The lowest BCUT2D eigenvalue weighted by Gasteiger charge is -2.38. The maximum atomic E-state index is 15.7. The van der Waals surface area contributed by atoms with Crippen molar-refractivity contribution in [2.75, 3.05) is 44.9 Å². The number of aryl methyl sites for hydroxylation is 1. The van der Waals surface area contributed by atoms with Crippen LogP contribution in [0.2, 0.25) is 0 Å². The van der Waals surface area contributed by atoms with Crippen molar-refractivity contribution in [1.29, 1.82) is 0 Å². The maximum Gasteiger partial charge on any atom is 0.407 e. The molecule has 0 saturated carbocycles. The van der Waals surface area contributed by atoms with Crippen molar-refractivity contribution in [1.82, 2.24) is 51.1 Å². The van der Waals surface area contributed by atoms with Gasteiger partial charge >= 0.3 is 18.0 Å². The molecule has 107 heavy (non-hydrogen) atoms. The number of aliphatic hydroxyl groups excluding tert-OH is 3. The number of benzene rings is 4. The quantitative estimate of drug-likeness (QED) is 0.0244. The zero-order valence-electron chi connectivity index (χ0n) is 59.5. The number of carboxylic acids is 1. The number of pyridine rings is 2. The Kier molecular flexibility index (Phi) is 23.2. The highest BCUT2D eigenvalue weighted by molar-refractivity contribution is 6.00. The van der Waals surface area contributed by atoms with Gasteiger partial charge in [-0.1, -0.05) is 60.7 Å². The molecule has 566 valence electrons. The van der Waals surface area contributed by atoms with E-state index < -0.39 is 108 Å². The smallest absolute Gasteiger partial charge is 0.407 e. The minimum atomic E-state index is -2.11. The SMILES string of the molecule is CC[C@@]1(O)C(=O)OCc2c1cc1n(c2=O)Cc2c-1nc1cc(F)c(C)c3c1c2[C@@H](NC(=O)OCc1ccc(OC2O[C@H](C(=O)O)[C@@H](O)[C@H](O)[C@H]2O)c(CNC(=O)CCNC(=O)[C@H](CNC(=O)CCOCCOC)NC(=O)CCCCC(=O)N2Cc4ccccc4-c4c(nnn4C(C)C)-c4ccccc42)c1)CC3. The predicted octanol–water partition coefficient (Wildman–Crippen LogP) is 4.10. The van der Waals surface area contributed by atoms with Crippen LogP contribution in [0.25, 0.3) is 44.8 Å². The van der Waals surface area contributed by atoms with E-state index in [0.717, 1.165) is 22.4 Å². The lowest BCUT2D eigenvalue weighted by Crippen LogP contribution is -2.61. The molecule has 6 amide bonds. The largest absolute Gasteiger partial charge is 0.479 e. The summed E-state index contributed by atoms with van der Waals surface area (Å²) in [6, 6.07) is 20.2. The van der Waals surface area contributed by atoms with Crippen LogP contribution in [0.3, 0.4) is 0 Å². The summed E-state index contributed by atoms with van der Waals surface area (Å²) in [6.45, 7) is 6.29. The van der Waals surface area contributed by atoms with Crippen LogP contribution in [-0.4, -0.2) is 174 Å². The number of ether oxygens (including phenoxy) is 6. The Hall–Kier alpha value is -10.6. The van der Waals surface area contributed by atoms with Crippen molar-refractivity contribution in [3.8, 4) is 39.7 Å². The third kappa shape index (κ3) is 15.8. The number of aliphatic carboxylic acids is 1. The molecule has 4 aromatic carbocycles. The highest BCUT2D eigenvalue weighted by Gasteiger charge is 2.49. The second-order valence-electron chi connectivity index (χ2n) is 27.2. The molecule has 7 heterocycles. The zero-order chi connectivity index (χ0) is 76.1. The molecule has 10 N–H and O–H groups in total. The summed E-state index contributed by atoms with van der Waals surface area (Å²) < 4.78 is 51.8. The Bertz CT molecular complexity index is 4700. The molecule has 0 radical (unpaired) electrons. The minimum Gasteiger partial charge on any atom is -0.479 e. The normalized spacial score (nSPS) is 19.8. The number of para-hydroxylation sites is 1. The standard InChI is InChI=1S/C75H84FN11O20/c1-6-75(101)48-30-54-62-46(35-86(54)70(96)47(48)37-104-73(75)99)61-50(21-20-43-39(4)49(76)31-51(81-62)60(43)61)82-74(100)105-36-40-19-22-55(106-72-67(94)65(92)66(93)68(107-72)71(97)98)42(29-40)32-78-56(88)23-25-77-69(95)52(33-79-57(89)24-26-103-28-27-102-5)80-58(90)17-11-12-18-59(91)85-34-41-13-7-8-14-44(41)64-63(83-84-87(64)38(2)3)45-15-9-10-16-53(45)85/h7-10,13-16,19,22,29-31,38,50,52,65-68,72,92-94,101H,6,11-12,17-18,20-21,23-28,32-37H2,1-5H3,(H,77,95)(H,78,88)(H,79,89)(H,80,90)(H,82,100)(H,97,98)/t50-,52-,65-,66-,67+,68-,72?,75-/m0/s1. The number of halogens is 1. The number of methoxy groups -OCH3 is 1. The molecule has 8 atom stereocenters. The van der Waals surface area contributed by atoms with Gasteiger partial charge in [-0.3, -0.25) is 28.8 Å². The van der Waals surface area contributed by atoms with Crippen molar-refractivity contribution in [2.45, 2.75) is 173 Å². The monoisotopic (exact) mass is 1480 g/mol. The third-order valence-electron chi connectivity index (χ3n) is 20.0. The molecule has 0 spiro atoms. The van der Waals surface area contributed by atoms with Gasteiger partial charge in [0, 0.05) is 97.7 Å². The average molecular weight is 1480 g/mol. The number of anilines is 1. The van der Waals surface area contributed by atoms with E-state index in [0.29, 0.717) is 64.0 Å². The highest BCUT2D eigenvalue weighted by atomic mass is 19.1. The number of nitrogens with zero attached hydrogens (tertiary/aromatic N) is 6. The van der Waals surface area contributed by atoms with Crippen molar-refractivity contribution >= 4 is 64.2 Å². The maximum absolute atomic E-state index is 15.7. The third-order valence-corrected chi connectivity index (χ3v) is 20.0. The van der Waals surface area contributed by atoms with Crippen LogP contribution >= 0.6 is 0 Å². The van der Waals surface area contributed by atoms with Gasteiger partial charge < -0.3 is 90.0 Å². The molecule has 7 aromatic rings. The fourth-order valence-corrected chi connectivity index (χ4v) is 14.2. The summed E-state index contributed by atoms with van der Waals surface area (Å²) in [4.78, 5) is 128. The fraction of sp³-hybridized carbons (Fsp3) is 0.440. The number of cyclic esters (lactones) is 1. The van der Waals surface area contributed by atoms with E-state index in [1.165, 1.54) is 42.0 Å². The van der Waals surface area contributed by atoms with Crippen LogP contribution in [0.1, 0.15) is 134 Å². The van der Waals surface area contributed by atoms with Gasteiger partial charge in [0.1, 0.15) is 54.8 Å². The average Bonchev–Trinajstić information content (AvgIpc) is 1.58. The first-order valence-corrected chi connectivity index (χ1v) is 35.5. The van der Waals surface area contributed by atoms with E-state index in [9.17, 15) is 68.7 Å². The van der Waals surface area contributed by atoms with Crippen LogP contribution in [-0.2, 0) is 102 Å². The Labute approximate surface area is 612 Å². The molecule has 5 aliphatic rings. The summed E-state index contributed by atoms with van der Waals surface area (Å²) in [5.74, 6) is -5.86. The molecular weight excluding hydrogens is 1390 g/mol. The molecule has 32 heteroatoms. The molecule has 31 nitrogen and oxygen atoms in total.